The molecule has 0 unspecified atom stereocenters. The molecule has 178 valence electrons. The maximum absolute atomic E-state index is 13.4. The van der Waals surface area contributed by atoms with Crippen LogP contribution in [0, 0.1) is 13.8 Å². The van der Waals surface area contributed by atoms with Gasteiger partial charge in [0, 0.05) is 5.56 Å². The second-order valence-electron chi connectivity index (χ2n) is 9.24. The van der Waals surface area contributed by atoms with Crippen LogP contribution in [0.1, 0.15) is 52.4 Å². The highest BCUT2D eigenvalue weighted by atomic mass is 32.1. The van der Waals surface area contributed by atoms with E-state index in [1.807, 2.05) is 44.2 Å². The Hall–Kier alpha value is -3.78. The first-order chi connectivity index (χ1) is 16.7. The van der Waals surface area contributed by atoms with Gasteiger partial charge in [-0.25, -0.2) is 13.9 Å². The molecule has 8 heteroatoms. The number of Topliss-reactive ketones (excluding diaryl/α,β-unsaturated/α-hetero) is 1. The topological polar surface area (TPSA) is 78.4 Å². The standard InChI is InChI=1S/C27H26N4O3S/c1-16(2)20-9-7-19(8-10-20)14-29-25(33)24-22(11-12-35-24)31-26(29)28-30(27(31)34)15-23(32)21-13-17(3)5-6-18(21)4/h5-13,16H,14-15H2,1-4H3. The van der Waals surface area contributed by atoms with Crippen LogP contribution in [0.4, 0.5) is 0 Å². The van der Waals surface area contributed by atoms with E-state index in [1.54, 1.807) is 11.4 Å². The zero-order valence-electron chi connectivity index (χ0n) is 20.1. The van der Waals surface area contributed by atoms with Crippen LogP contribution in [-0.4, -0.2) is 24.5 Å². The van der Waals surface area contributed by atoms with Crippen LogP contribution < -0.4 is 11.2 Å². The van der Waals surface area contributed by atoms with Crippen LogP contribution in [0.2, 0.25) is 0 Å². The molecule has 0 radical (unpaired) electrons. The fourth-order valence-electron chi connectivity index (χ4n) is 4.33. The monoisotopic (exact) mass is 486 g/mol. The van der Waals surface area contributed by atoms with Crippen LogP contribution in [0.5, 0.6) is 0 Å². The number of ketones is 1. The maximum atomic E-state index is 13.4. The van der Waals surface area contributed by atoms with Gasteiger partial charge in [-0.2, -0.15) is 0 Å². The number of carbonyl (C=O) groups excluding carboxylic acids is 1. The second kappa shape index (κ2) is 8.78. The van der Waals surface area contributed by atoms with E-state index >= 15 is 0 Å². The van der Waals surface area contributed by atoms with Crippen LogP contribution in [0.25, 0.3) is 16.0 Å². The number of hydrogen-bond acceptors (Lipinski definition) is 5. The number of hydrogen-bond donors (Lipinski definition) is 0. The van der Waals surface area contributed by atoms with E-state index in [0.29, 0.717) is 21.7 Å². The first-order valence-electron chi connectivity index (χ1n) is 11.5. The predicted octanol–water partition coefficient (Wildman–Crippen LogP) is 4.54. The predicted molar refractivity (Wildman–Crippen MR) is 139 cm³/mol. The third kappa shape index (κ3) is 4.04. The van der Waals surface area contributed by atoms with Crippen LogP contribution in [-0.2, 0) is 13.1 Å². The molecule has 5 aromatic rings. The minimum atomic E-state index is -0.439. The lowest BCUT2D eigenvalue weighted by Crippen LogP contribution is -2.27. The smallest absolute Gasteiger partial charge is 0.292 e. The van der Waals surface area contributed by atoms with E-state index in [-0.39, 0.29) is 30.2 Å². The molecule has 0 saturated heterocycles. The van der Waals surface area contributed by atoms with Gasteiger partial charge in [-0.05, 0) is 54.0 Å². The average molecular weight is 487 g/mol. The molecule has 3 heterocycles. The molecule has 0 saturated carbocycles. The second-order valence-corrected chi connectivity index (χ2v) is 10.2. The van der Waals surface area contributed by atoms with Crippen molar-refractivity contribution < 1.29 is 4.79 Å². The van der Waals surface area contributed by atoms with Gasteiger partial charge in [0.1, 0.15) is 11.2 Å². The summed E-state index contributed by atoms with van der Waals surface area (Å²) in [6.07, 6.45) is 0. The number of carbonyl (C=O) groups is 1. The van der Waals surface area contributed by atoms with Crippen LogP contribution in [0.3, 0.4) is 0 Å². The number of nitrogens with zero attached hydrogens (tertiary/aromatic N) is 4. The van der Waals surface area contributed by atoms with E-state index < -0.39 is 5.69 Å². The largest absolute Gasteiger partial charge is 0.352 e. The molecule has 0 fully saturated rings. The molecule has 2 aromatic carbocycles. The average Bonchev–Trinajstić information content (AvgIpc) is 3.43. The van der Waals surface area contributed by atoms with Crippen molar-refractivity contribution >= 4 is 33.1 Å². The Kier molecular flexibility index (Phi) is 5.76. The lowest BCUT2D eigenvalue weighted by Gasteiger charge is -2.10. The molecule has 5 rings (SSSR count). The van der Waals surface area contributed by atoms with E-state index in [2.05, 4.69) is 31.1 Å². The Labute approximate surface area is 205 Å². The lowest BCUT2D eigenvalue weighted by molar-refractivity contribution is 0.0965. The Morgan fingerprint density at radius 3 is 2.49 bits per heavy atom. The van der Waals surface area contributed by atoms with Crippen LogP contribution >= 0.6 is 11.3 Å². The summed E-state index contributed by atoms with van der Waals surface area (Å²) < 4.78 is 4.60. The third-order valence-corrected chi connectivity index (χ3v) is 7.25. The zero-order valence-corrected chi connectivity index (χ0v) is 20.9. The number of rotatable bonds is 6. The van der Waals surface area contributed by atoms with Gasteiger partial charge in [-0.1, -0.05) is 55.8 Å². The van der Waals surface area contributed by atoms with Crippen molar-refractivity contribution in [3.05, 3.63) is 103 Å². The summed E-state index contributed by atoms with van der Waals surface area (Å²) in [5, 5.41) is 6.27. The van der Waals surface area contributed by atoms with Gasteiger partial charge >= 0.3 is 5.69 Å². The molecule has 7 nitrogen and oxygen atoms in total. The summed E-state index contributed by atoms with van der Waals surface area (Å²) in [6, 6.07) is 15.5. The van der Waals surface area contributed by atoms with Gasteiger partial charge in [0.15, 0.2) is 5.78 Å². The molecular formula is C27H26N4O3S. The Balaban J connectivity index is 1.63. The van der Waals surface area contributed by atoms with Gasteiger partial charge in [0.05, 0.1) is 12.1 Å². The van der Waals surface area contributed by atoms with Crippen molar-refractivity contribution in [2.24, 2.45) is 0 Å². The molecule has 0 atom stereocenters. The van der Waals surface area contributed by atoms with E-state index in [9.17, 15) is 14.4 Å². The molecule has 0 aliphatic heterocycles. The zero-order chi connectivity index (χ0) is 24.9. The summed E-state index contributed by atoms with van der Waals surface area (Å²) in [6.45, 7) is 8.13. The summed E-state index contributed by atoms with van der Waals surface area (Å²) in [4.78, 5) is 39.9. The van der Waals surface area contributed by atoms with Crippen molar-refractivity contribution in [2.75, 3.05) is 0 Å². The molecule has 0 bridgehead atoms. The number of fused-ring (bicyclic) bond motifs is 3. The molecule has 0 aliphatic carbocycles. The summed E-state index contributed by atoms with van der Waals surface area (Å²) in [5.74, 6) is 0.439. The van der Waals surface area contributed by atoms with Crippen molar-refractivity contribution in [3.63, 3.8) is 0 Å². The lowest BCUT2D eigenvalue weighted by atomic mass is 10.0. The van der Waals surface area contributed by atoms with E-state index in [4.69, 9.17) is 0 Å². The number of thiophene rings is 1. The Morgan fingerprint density at radius 2 is 1.77 bits per heavy atom. The first kappa shape index (κ1) is 23.0. The summed E-state index contributed by atoms with van der Waals surface area (Å²) in [7, 11) is 0. The summed E-state index contributed by atoms with van der Waals surface area (Å²) in [5.41, 5.74) is 4.40. The Morgan fingerprint density at radius 1 is 1.03 bits per heavy atom. The minimum Gasteiger partial charge on any atom is -0.292 e. The van der Waals surface area contributed by atoms with Crippen molar-refractivity contribution in [1.29, 1.82) is 0 Å². The maximum Gasteiger partial charge on any atom is 0.352 e. The van der Waals surface area contributed by atoms with Crippen LogP contribution in [0.15, 0.2) is 63.5 Å². The normalized spacial score (nSPS) is 11.7. The SMILES string of the molecule is Cc1ccc(C)c(C(=O)Cn2nc3n(Cc4ccc(C(C)C)cc4)c(=O)c4sccc4n3c2=O)c1. The number of aryl methyl sites for hydroxylation is 2. The third-order valence-electron chi connectivity index (χ3n) is 6.36. The van der Waals surface area contributed by atoms with Gasteiger partial charge < -0.3 is 0 Å². The highest BCUT2D eigenvalue weighted by molar-refractivity contribution is 7.17. The van der Waals surface area contributed by atoms with Gasteiger partial charge in [0.25, 0.3) is 5.56 Å². The fourth-order valence-corrected chi connectivity index (χ4v) is 5.15. The molecule has 0 spiro atoms. The van der Waals surface area contributed by atoms with E-state index in [0.717, 1.165) is 21.4 Å². The van der Waals surface area contributed by atoms with Crippen molar-refractivity contribution in [3.8, 4) is 0 Å². The highest BCUT2D eigenvalue weighted by Gasteiger charge is 2.20. The fraction of sp³-hybridized carbons (Fsp3) is 0.259. The van der Waals surface area contributed by atoms with E-state index in [1.165, 1.54) is 25.9 Å². The number of benzene rings is 2. The van der Waals surface area contributed by atoms with Gasteiger partial charge in [-0.15, -0.1) is 16.4 Å². The highest BCUT2D eigenvalue weighted by Crippen LogP contribution is 2.19. The minimum absolute atomic E-state index is 0.198. The number of aromatic nitrogens is 4. The molecule has 0 aliphatic rings. The molecule has 3 aromatic heterocycles. The quantitative estimate of drug-likeness (QED) is 0.330. The molecule has 35 heavy (non-hydrogen) atoms. The molecule has 0 amide bonds. The van der Waals surface area contributed by atoms with Crippen molar-refractivity contribution in [2.45, 2.75) is 46.7 Å². The molecule has 0 N–H and O–H groups in total. The first-order valence-corrected chi connectivity index (χ1v) is 12.4. The van der Waals surface area contributed by atoms with Gasteiger partial charge in [-0.3, -0.25) is 14.2 Å². The molecular weight excluding hydrogens is 460 g/mol. The van der Waals surface area contributed by atoms with Gasteiger partial charge in [0.2, 0.25) is 5.78 Å². The Bertz CT molecular complexity index is 1700. The van der Waals surface area contributed by atoms with Crippen molar-refractivity contribution in [1.82, 2.24) is 18.7 Å². The summed E-state index contributed by atoms with van der Waals surface area (Å²) >= 11 is 1.30.